The molecule has 0 radical (unpaired) electrons. The third-order valence-electron chi connectivity index (χ3n) is 5.67. The number of pyridine rings is 1. The zero-order valence-corrected chi connectivity index (χ0v) is 18.4. The molecule has 166 valence electrons. The summed E-state index contributed by atoms with van der Waals surface area (Å²) < 4.78 is 5.09. The number of aryl methyl sites for hydroxylation is 2. The molecule has 3 heterocycles. The third kappa shape index (κ3) is 4.41. The lowest BCUT2D eigenvalue weighted by molar-refractivity contribution is 0.0671. The standard InChI is InChI=1S/C23H26N6O3/c1-16-21(17(2)32-26-16)25-23(31)29-14-12-28(13-15-29)22(30)18-4-6-19(7-5-18)27(3)20-8-10-24-11-9-20/h4-11H,12-15H2,1-3H3,(H,25,31). The predicted octanol–water partition coefficient (Wildman–Crippen LogP) is 3.44. The molecule has 4 rings (SSSR count). The molecule has 0 bridgehead atoms. The Morgan fingerprint density at radius 3 is 2.12 bits per heavy atom. The molecular weight excluding hydrogens is 408 g/mol. The molecule has 3 aromatic rings. The van der Waals surface area contributed by atoms with E-state index in [2.05, 4.69) is 15.5 Å². The number of aromatic nitrogens is 2. The highest BCUT2D eigenvalue weighted by atomic mass is 16.5. The highest BCUT2D eigenvalue weighted by Gasteiger charge is 2.26. The summed E-state index contributed by atoms with van der Waals surface area (Å²) in [6, 6.07) is 11.2. The van der Waals surface area contributed by atoms with Crippen LogP contribution in [0, 0.1) is 13.8 Å². The first-order valence-corrected chi connectivity index (χ1v) is 10.5. The van der Waals surface area contributed by atoms with Crippen LogP contribution >= 0.6 is 0 Å². The molecule has 9 nitrogen and oxygen atoms in total. The fourth-order valence-corrected chi connectivity index (χ4v) is 3.69. The van der Waals surface area contributed by atoms with Gasteiger partial charge in [-0.15, -0.1) is 0 Å². The van der Waals surface area contributed by atoms with E-state index < -0.39 is 0 Å². The Kier molecular flexibility index (Phi) is 6.07. The molecule has 1 saturated heterocycles. The molecule has 9 heteroatoms. The Hall–Kier alpha value is -3.88. The number of nitrogens with zero attached hydrogens (tertiary/aromatic N) is 5. The van der Waals surface area contributed by atoms with Gasteiger partial charge in [0.2, 0.25) is 0 Å². The number of urea groups is 1. The van der Waals surface area contributed by atoms with Crippen molar-refractivity contribution >= 4 is 29.0 Å². The fraction of sp³-hybridized carbons (Fsp3) is 0.304. The molecule has 0 unspecified atom stereocenters. The number of anilines is 3. The maximum Gasteiger partial charge on any atom is 0.322 e. The van der Waals surface area contributed by atoms with Crippen molar-refractivity contribution in [1.82, 2.24) is 19.9 Å². The van der Waals surface area contributed by atoms with Crippen LogP contribution in [-0.4, -0.2) is 65.1 Å². The van der Waals surface area contributed by atoms with Gasteiger partial charge in [-0.1, -0.05) is 5.16 Å². The molecular formula is C23H26N6O3. The minimum absolute atomic E-state index is 0.0334. The van der Waals surface area contributed by atoms with Crippen molar-refractivity contribution in [2.75, 3.05) is 43.4 Å². The van der Waals surface area contributed by atoms with Gasteiger partial charge in [-0.05, 0) is 50.2 Å². The van der Waals surface area contributed by atoms with Crippen LogP contribution < -0.4 is 10.2 Å². The van der Waals surface area contributed by atoms with Crippen molar-refractivity contribution in [1.29, 1.82) is 0 Å². The zero-order valence-electron chi connectivity index (χ0n) is 18.4. The molecule has 0 spiro atoms. The van der Waals surface area contributed by atoms with E-state index in [1.165, 1.54) is 0 Å². The van der Waals surface area contributed by atoms with Gasteiger partial charge in [-0.2, -0.15) is 0 Å². The number of carbonyl (C=O) groups is 2. The quantitative estimate of drug-likeness (QED) is 0.676. The SMILES string of the molecule is Cc1noc(C)c1NC(=O)N1CCN(C(=O)c2ccc(N(C)c3ccncc3)cc2)CC1. The second kappa shape index (κ2) is 9.09. The highest BCUT2D eigenvalue weighted by Crippen LogP contribution is 2.24. The van der Waals surface area contributed by atoms with E-state index >= 15 is 0 Å². The van der Waals surface area contributed by atoms with E-state index in [4.69, 9.17) is 4.52 Å². The summed E-state index contributed by atoms with van der Waals surface area (Å²) in [7, 11) is 1.97. The molecule has 0 aliphatic carbocycles. The van der Waals surface area contributed by atoms with Crippen LogP contribution in [0.1, 0.15) is 21.8 Å². The monoisotopic (exact) mass is 434 g/mol. The molecule has 0 atom stereocenters. The van der Waals surface area contributed by atoms with Crippen LogP contribution in [-0.2, 0) is 0 Å². The Balaban J connectivity index is 1.33. The highest BCUT2D eigenvalue weighted by molar-refractivity contribution is 5.95. The minimum atomic E-state index is -0.213. The van der Waals surface area contributed by atoms with E-state index in [-0.39, 0.29) is 11.9 Å². The molecule has 2 aromatic heterocycles. The number of piperazine rings is 1. The Bertz CT molecular complexity index is 1070. The fourth-order valence-electron chi connectivity index (χ4n) is 3.69. The molecule has 1 aliphatic heterocycles. The second-order valence-electron chi connectivity index (χ2n) is 7.72. The summed E-state index contributed by atoms with van der Waals surface area (Å²) in [4.78, 5) is 35.1. The van der Waals surface area contributed by atoms with Crippen molar-refractivity contribution in [3.05, 3.63) is 65.8 Å². The van der Waals surface area contributed by atoms with Gasteiger partial charge in [0.1, 0.15) is 11.4 Å². The van der Waals surface area contributed by atoms with Gasteiger partial charge in [-0.25, -0.2) is 4.79 Å². The van der Waals surface area contributed by atoms with E-state index in [1.54, 1.807) is 36.0 Å². The molecule has 1 N–H and O–H groups in total. The number of rotatable bonds is 4. The van der Waals surface area contributed by atoms with E-state index in [0.717, 1.165) is 11.4 Å². The molecule has 3 amide bonds. The number of hydrogen-bond acceptors (Lipinski definition) is 6. The van der Waals surface area contributed by atoms with E-state index in [0.29, 0.717) is 48.9 Å². The van der Waals surface area contributed by atoms with Gasteiger partial charge in [-0.3, -0.25) is 9.78 Å². The van der Waals surface area contributed by atoms with Crippen LogP contribution in [0.15, 0.2) is 53.3 Å². The van der Waals surface area contributed by atoms with Gasteiger partial charge in [0.15, 0.2) is 5.76 Å². The van der Waals surface area contributed by atoms with Gasteiger partial charge >= 0.3 is 6.03 Å². The largest absolute Gasteiger partial charge is 0.359 e. The van der Waals surface area contributed by atoms with E-state index in [9.17, 15) is 9.59 Å². The van der Waals surface area contributed by atoms with Crippen LogP contribution in [0.2, 0.25) is 0 Å². The third-order valence-corrected chi connectivity index (χ3v) is 5.67. The number of hydrogen-bond donors (Lipinski definition) is 1. The molecule has 1 fully saturated rings. The zero-order chi connectivity index (χ0) is 22.7. The minimum Gasteiger partial charge on any atom is -0.359 e. The van der Waals surface area contributed by atoms with Crippen LogP contribution in [0.5, 0.6) is 0 Å². The van der Waals surface area contributed by atoms with Gasteiger partial charge in [0.25, 0.3) is 5.91 Å². The maximum absolute atomic E-state index is 12.9. The lowest BCUT2D eigenvalue weighted by Crippen LogP contribution is -2.51. The lowest BCUT2D eigenvalue weighted by Gasteiger charge is -2.34. The van der Waals surface area contributed by atoms with Crippen LogP contribution in [0.3, 0.4) is 0 Å². The molecule has 0 saturated carbocycles. The van der Waals surface area contributed by atoms with E-state index in [1.807, 2.05) is 48.3 Å². The van der Waals surface area contributed by atoms with Gasteiger partial charge in [0, 0.05) is 62.6 Å². The average molecular weight is 435 g/mol. The number of carbonyl (C=O) groups excluding carboxylic acids is 2. The predicted molar refractivity (Wildman–Crippen MR) is 121 cm³/mol. The second-order valence-corrected chi connectivity index (χ2v) is 7.72. The summed E-state index contributed by atoms with van der Waals surface area (Å²) in [6.07, 6.45) is 3.50. The normalized spacial score (nSPS) is 13.7. The Morgan fingerprint density at radius 2 is 1.53 bits per heavy atom. The summed E-state index contributed by atoms with van der Waals surface area (Å²) >= 11 is 0. The number of nitrogens with one attached hydrogen (secondary N) is 1. The van der Waals surface area contributed by atoms with Gasteiger partial charge < -0.3 is 24.5 Å². The summed E-state index contributed by atoms with van der Waals surface area (Å²) in [5.74, 6) is 0.539. The van der Waals surface area contributed by atoms with Crippen LogP contribution in [0.25, 0.3) is 0 Å². The number of benzene rings is 1. The van der Waals surface area contributed by atoms with Gasteiger partial charge in [0.05, 0.1) is 0 Å². The summed E-state index contributed by atoms with van der Waals surface area (Å²) in [5, 5.41) is 6.70. The first-order valence-electron chi connectivity index (χ1n) is 10.5. The van der Waals surface area contributed by atoms with Crippen LogP contribution in [0.4, 0.5) is 21.9 Å². The Labute approximate surface area is 186 Å². The first-order chi connectivity index (χ1) is 15.4. The molecule has 1 aliphatic rings. The van der Waals surface area contributed by atoms with Crippen molar-refractivity contribution < 1.29 is 14.1 Å². The lowest BCUT2D eigenvalue weighted by atomic mass is 10.1. The van der Waals surface area contributed by atoms with Crippen molar-refractivity contribution in [3.8, 4) is 0 Å². The first kappa shape index (κ1) is 21.4. The van der Waals surface area contributed by atoms with Crippen molar-refractivity contribution in [2.45, 2.75) is 13.8 Å². The Morgan fingerprint density at radius 1 is 0.938 bits per heavy atom. The maximum atomic E-state index is 12.9. The van der Waals surface area contributed by atoms with Crippen molar-refractivity contribution in [2.24, 2.45) is 0 Å². The number of amides is 3. The molecule has 32 heavy (non-hydrogen) atoms. The average Bonchev–Trinajstić information content (AvgIpc) is 3.16. The topological polar surface area (TPSA) is 94.8 Å². The summed E-state index contributed by atoms with van der Waals surface area (Å²) in [5.41, 5.74) is 3.87. The smallest absolute Gasteiger partial charge is 0.322 e. The van der Waals surface area contributed by atoms with Crippen molar-refractivity contribution in [3.63, 3.8) is 0 Å². The summed E-state index contributed by atoms with van der Waals surface area (Å²) in [6.45, 7) is 5.42. The molecule has 1 aromatic carbocycles.